The Morgan fingerprint density at radius 3 is 2.47 bits per heavy atom. The Kier molecular flexibility index (Phi) is 3.77. The molecule has 0 heterocycles. The highest BCUT2D eigenvalue weighted by Gasteiger charge is 2.11. The first kappa shape index (κ1) is 12.1. The second-order valence-electron chi connectivity index (χ2n) is 3.96. The maximum Gasteiger partial charge on any atom is 0.124 e. The molecule has 2 aromatic rings. The summed E-state index contributed by atoms with van der Waals surface area (Å²) in [7, 11) is 0. The van der Waals surface area contributed by atoms with E-state index in [1.807, 2.05) is 30.3 Å². The molecule has 0 aliphatic heterocycles. The first-order chi connectivity index (χ1) is 8.16. The maximum absolute atomic E-state index is 12.9. The molecule has 0 amide bonds. The Balaban J connectivity index is 2.17. The second kappa shape index (κ2) is 5.30. The molecule has 3 heteroatoms. The third-order valence-electron chi connectivity index (χ3n) is 2.66. The van der Waals surface area contributed by atoms with Crippen molar-refractivity contribution in [2.45, 2.75) is 12.5 Å². The van der Waals surface area contributed by atoms with Crippen LogP contribution in [-0.2, 0) is 6.42 Å². The minimum absolute atomic E-state index is 0.217. The monoisotopic (exact) mass is 249 g/mol. The highest BCUT2D eigenvalue weighted by molar-refractivity contribution is 6.31. The topological polar surface area (TPSA) is 26.0 Å². The van der Waals surface area contributed by atoms with Gasteiger partial charge in [-0.15, -0.1) is 0 Å². The minimum atomic E-state index is -0.342. The second-order valence-corrected chi connectivity index (χ2v) is 4.37. The molecule has 0 aromatic heterocycles. The molecule has 0 radical (unpaired) electrons. The van der Waals surface area contributed by atoms with E-state index in [9.17, 15) is 4.39 Å². The van der Waals surface area contributed by atoms with Gasteiger partial charge in [-0.1, -0.05) is 48.0 Å². The molecule has 0 saturated heterocycles. The molecule has 1 unspecified atom stereocenters. The van der Waals surface area contributed by atoms with Gasteiger partial charge in [-0.2, -0.15) is 0 Å². The van der Waals surface area contributed by atoms with Gasteiger partial charge in [-0.05, 0) is 29.7 Å². The van der Waals surface area contributed by atoms with Gasteiger partial charge in [-0.25, -0.2) is 4.39 Å². The van der Waals surface area contributed by atoms with Crippen LogP contribution in [0.15, 0.2) is 48.5 Å². The van der Waals surface area contributed by atoms with Crippen LogP contribution >= 0.6 is 11.6 Å². The van der Waals surface area contributed by atoms with Crippen LogP contribution in [0, 0.1) is 5.82 Å². The molecule has 0 bridgehead atoms. The van der Waals surface area contributed by atoms with Gasteiger partial charge in [0.2, 0.25) is 0 Å². The van der Waals surface area contributed by atoms with Gasteiger partial charge >= 0.3 is 0 Å². The van der Waals surface area contributed by atoms with E-state index >= 15 is 0 Å². The molecule has 2 aromatic carbocycles. The van der Waals surface area contributed by atoms with Crippen LogP contribution in [0.3, 0.4) is 0 Å². The molecule has 2 rings (SSSR count). The van der Waals surface area contributed by atoms with Crippen LogP contribution in [0.2, 0.25) is 5.02 Å². The Hall–Kier alpha value is -1.38. The van der Waals surface area contributed by atoms with Crippen molar-refractivity contribution in [2.24, 2.45) is 5.73 Å². The fraction of sp³-hybridized carbons (Fsp3) is 0.143. The molecule has 17 heavy (non-hydrogen) atoms. The summed E-state index contributed by atoms with van der Waals surface area (Å²) >= 11 is 5.97. The number of rotatable bonds is 3. The average molecular weight is 250 g/mol. The highest BCUT2D eigenvalue weighted by atomic mass is 35.5. The molecule has 2 N–H and O–H groups in total. The molecule has 1 nitrogen and oxygen atoms in total. The number of benzene rings is 2. The first-order valence-corrected chi connectivity index (χ1v) is 5.79. The summed E-state index contributed by atoms with van der Waals surface area (Å²) in [6, 6.07) is 14.0. The predicted molar refractivity (Wildman–Crippen MR) is 68.5 cm³/mol. The zero-order chi connectivity index (χ0) is 12.3. The first-order valence-electron chi connectivity index (χ1n) is 5.41. The van der Waals surface area contributed by atoms with Crippen molar-refractivity contribution in [3.05, 3.63) is 70.5 Å². The van der Waals surface area contributed by atoms with Crippen molar-refractivity contribution in [3.63, 3.8) is 0 Å². The molecule has 0 aliphatic carbocycles. The molecule has 0 aliphatic rings. The smallest absolute Gasteiger partial charge is 0.124 e. The molecule has 88 valence electrons. The van der Waals surface area contributed by atoms with E-state index in [1.165, 1.54) is 12.1 Å². The zero-order valence-corrected chi connectivity index (χ0v) is 9.99. The summed E-state index contributed by atoms with van der Waals surface area (Å²) in [5, 5.41) is 0.383. The van der Waals surface area contributed by atoms with Gasteiger partial charge in [0.25, 0.3) is 0 Å². The van der Waals surface area contributed by atoms with Crippen molar-refractivity contribution < 1.29 is 4.39 Å². The molecular formula is C14H13ClFN. The maximum atomic E-state index is 12.9. The van der Waals surface area contributed by atoms with Crippen molar-refractivity contribution in [1.82, 2.24) is 0 Å². The third kappa shape index (κ3) is 3.05. The van der Waals surface area contributed by atoms with E-state index in [0.717, 1.165) is 11.1 Å². The Morgan fingerprint density at radius 2 is 1.82 bits per heavy atom. The summed E-state index contributed by atoms with van der Waals surface area (Å²) in [6.45, 7) is 0. The van der Waals surface area contributed by atoms with Crippen molar-refractivity contribution in [2.75, 3.05) is 0 Å². The summed E-state index contributed by atoms with van der Waals surface area (Å²) in [5.74, 6) is -0.342. The summed E-state index contributed by atoms with van der Waals surface area (Å²) in [5.41, 5.74) is 7.99. The predicted octanol–water partition coefficient (Wildman–Crippen LogP) is 3.72. The Morgan fingerprint density at radius 1 is 1.12 bits per heavy atom. The summed E-state index contributed by atoms with van der Waals surface area (Å²) in [6.07, 6.45) is 0.687. The highest BCUT2D eigenvalue weighted by Crippen LogP contribution is 2.24. The normalized spacial score (nSPS) is 12.4. The van der Waals surface area contributed by atoms with Crippen LogP contribution in [0.1, 0.15) is 17.2 Å². The molecule has 0 fully saturated rings. The number of hydrogen-bond acceptors (Lipinski definition) is 1. The molecule has 1 atom stereocenters. The van der Waals surface area contributed by atoms with E-state index < -0.39 is 0 Å². The van der Waals surface area contributed by atoms with Gasteiger partial charge in [0.15, 0.2) is 0 Å². The van der Waals surface area contributed by atoms with Gasteiger partial charge in [0.05, 0.1) is 0 Å². The molecular weight excluding hydrogens is 237 g/mol. The van der Waals surface area contributed by atoms with Crippen LogP contribution < -0.4 is 5.73 Å². The standard InChI is InChI=1S/C14H13ClFN/c15-13-9-11(16)6-7-12(13)14(17)8-10-4-2-1-3-5-10/h1-7,9,14H,8,17H2. The number of halogens is 2. The van der Waals surface area contributed by atoms with Gasteiger partial charge in [-0.3, -0.25) is 0 Å². The van der Waals surface area contributed by atoms with Crippen LogP contribution in [0.5, 0.6) is 0 Å². The van der Waals surface area contributed by atoms with E-state index in [4.69, 9.17) is 17.3 Å². The quantitative estimate of drug-likeness (QED) is 0.882. The van der Waals surface area contributed by atoms with Crippen molar-refractivity contribution in [1.29, 1.82) is 0 Å². The lowest BCUT2D eigenvalue weighted by Gasteiger charge is -2.13. The van der Waals surface area contributed by atoms with E-state index in [0.29, 0.717) is 11.4 Å². The van der Waals surface area contributed by atoms with Crippen LogP contribution in [0.25, 0.3) is 0 Å². The fourth-order valence-electron chi connectivity index (χ4n) is 1.78. The van der Waals surface area contributed by atoms with E-state index in [-0.39, 0.29) is 11.9 Å². The number of hydrogen-bond donors (Lipinski definition) is 1. The molecule has 0 spiro atoms. The van der Waals surface area contributed by atoms with E-state index in [1.54, 1.807) is 6.07 Å². The Labute approximate surface area is 105 Å². The summed E-state index contributed by atoms with van der Waals surface area (Å²) in [4.78, 5) is 0. The van der Waals surface area contributed by atoms with Gasteiger partial charge < -0.3 is 5.73 Å². The van der Waals surface area contributed by atoms with Crippen molar-refractivity contribution in [3.8, 4) is 0 Å². The minimum Gasteiger partial charge on any atom is -0.324 e. The lowest BCUT2D eigenvalue weighted by molar-refractivity contribution is 0.624. The SMILES string of the molecule is NC(Cc1ccccc1)c1ccc(F)cc1Cl. The number of nitrogens with two attached hydrogens (primary N) is 1. The van der Waals surface area contributed by atoms with Crippen LogP contribution in [0.4, 0.5) is 4.39 Å². The zero-order valence-electron chi connectivity index (χ0n) is 9.24. The van der Waals surface area contributed by atoms with E-state index in [2.05, 4.69) is 0 Å². The van der Waals surface area contributed by atoms with Crippen LogP contribution in [-0.4, -0.2) is 0 Å². The largest absolute Gasteiger partial charge is 0.324 e. The lowest BCUT2D eigenvalue weighted by atomic mass is 10.00. The molecule has 0 saturated carbocycles. The summed E-state index contributed by atoms with van der Waals surface area (Å²) < 4.78 is 12.9. The average Bonchev–Trinajstić information content (AvgIpc) is 2.30. The fourth-order valence-corrected chi connectivity index (χ4v) is 2.09. The third-order valence-corrected chi connectivity index (χ3v) is 2.99. The lowest BCUT2D eigenvalue weighted by Crippen LogP contribution is -2.13. The van der Waals surface area contributed by atoms with Gasteiger partial charge in [0.1, 0.15) is 5.82 Å². The van der Waals surface area contributed by atoms with Gasteiger partial charge in [0, 0.05) is 11.1 Å². The van der Waals surface area contributed by atoms with Crippen molar-refractivity contribution >= 4 is 11.6 Å². The Bertz CT molecular complexity index is 499.